The van der Waals surface area contributed by atoms with Crippen LogP contribution in [0.3, 0.4) is 0 Å². The number of alkyl halides is 3. The van der Waals surface area contributed by atoms with Crippen LogP contribution in [0.25, 0.3) is 0 Å². The lowest BCUT2D eigenvalue weighted by Crippen LogP contribution is -2.26. The second-order valence-corrected chi connectivity index (χ2v) is 4.58. The largest absolute Gasteiger partial charge is 0.416 e. The number of nitro benzene ring substituents is 1. The van der Waals surface area contributed by atoms with Gasteiger partial charge in [0.25, 0.3) is 5.69 Å². The van der Waals surface area contributed by atoms with E-state index in [-0.39, 0.29) is 24.3 Å². The number of rotatable bonds is 5. The van der Waals surface area contributed by atoms with Gasteiger partial charge in [-0.2, -0.15) is 13.2 Å². The molecule has 0 aliphatic rings. The Labute approximate surface area is 113 Å². The van der Waals surface area contributed by atoms with Gasteiger partial charge in [-0.05, 0) is 25.0 Å². The molecule has 1 aromatic rings. The van der Waals surface area contributed by atoms with E-state index in [0.717, 1.165) is 12.1 Å². The maximum atomic E-state index is 12.5. The molecule has 0 aromatic heterocycles. The number of nitrogens with one attached hydrogen (secondary N) is 1. The third kappa shape index (κ3) is 3.83. The van der Waals surface area contributed by atoms with Crippen LogP contribution in [-0.4, -0.2) is 22.7 Å². The molecule has 112 valence electrons. The van der Waals surface area contributed by atoms with Gasteiger partial charge in [-0.1, -0.05) is 6.92 Å². The van der Waals surface area contributed by atoms with Crippen LogP contribution in [0.2, 0.25) is 0 Å². The molecule has 5 nitrogen and oxygen atoms in total. The summed E-state index contributed by atoms with van der Waals surface area (Å²) in [6, 6.07) is 1.99. The fraction of sp³-hybridized carbons (Fsp3) is 0.500. The van der Waals surface area contributed by atoms with Crippen molar-refractivity contribution in [2.24, 2.45) is 5.92 Å². The smallest absolute Gasteiger partial charge is 0.396 e. The molecule has 0 saturated heterocycles. The third-order valence-corrected chi connectivity index (χ3v) is 3.05. The zero-order valence-electron chi connectivity index (χ0n) is 10.9. The van der Waals surface area contributed by atoms with Gasteiger partial charge in [0.2, 0.25) is 0 Å². The number of nitrogens with zero attached hydrogens (tertiary/aromatic N) is 1. The van der Waals surface area contributed by atoms with Crippen molar-refractivity contribution in [3.05, 3.63) is 33.9 Å². The van der Waals surface area contributed by atoms with E-state index in [2.05, 4.69) is 5.32 Å². The predicted molar refractivity (Wildman–Crippen MR) is 67.4 cm³/mol. The molecule has 2 unspecified atom stereocenters. The minimum absolute atomic E-state index is 0.00389. The van der Waals surface area contributed by atoms with E-state index < -0.39 is 22.4 Å². The van der Waals surface area contributed by atoms with Gasteiger partial charge in [0.1, 0.15) is 5.69 Å². The van der Waals surface area contributed by atoms with Crippen LogP contribution >= 0.6 is 0 Å². The number of anilines is 1. The molecule has 1 aromatic carbocycles. The average molecular weight is 292 g/mol. The Morgan fingerprint density at radius 3 is 2.45 bits per heavy atom. The minimum atomic E-state index is -4.63. The Bertz CT molecular complexity index is 491. The molecular formula is C12H15F3N2O3. The predicted octanol–water partition coefficient (Wildman–Crippen LogP) is 3.04. The molecule has 2 N–H and O–H groups in total. The van der Waals surface area contributed by atoms with Gasteiger partial charge < -0.3 is 10.4 Å². The standard InChI is InChI=1S/C12H15F3N2O3/c1-7(6-18)8(2)16-10-4-3-9(12(13,14)15)5-11(10)17(19)20/h3-5,7-8,16,18H,6H2,1-2H3. The summed E-state index contributed by atoms with van der Waals surface area (Å²) in [5, 5.41) is 22.6. The fourth-order valence-corrected chi connectivity index (χ4v) is 1.53. The van der Waals surface area contributed by atoms with Crippen LogP contribution in [0, 0.1) is 16.0 Å². The molecule has 0 fully saturated rings. The molecule has 0 aliphatic heterocycles. The fourth-order valence-electron chi connectivity index (χ4n) is 1.53. The van der Waals surface area contributed by atoms with Crippen molar-refractivity contribution in [1.82, 2.24) is 0 Å². The van der Waals surface area contributed by atoms with E-state index in [1.54, 1.807) is 13.8 Å². The van der Waals surface area contributed by atoms with E-state index in [1.807, 2.05) is 0 Å². The molecule has 1 rings (SSSR count). The molecular weight excluding hydrogens is 277 g/mol. The number of aliphatic hydroxyl groups excluding tert-OH is 1. The lowest BCUT2D eigenvalue weighted by Gasteiger charge is -2.20. The molecule has 8 heteroatoms. The summed E-state index contributed by atoms with van der Waals surface area (Å²) in [6.07, 6.45) is -4.63. The van der Waals surface area contributed by atoms with Gasteiger partial charge in [-0.25, -0.2) is 0 Å². The summed E-state index contributed by atoms with van der Waals surface area (Å²) in [4.78, 5) is 10.0. The highest BCUT2D eigenvalue weighted by atomic mass is 19.4. The highest BCUT2D eigenvalue weighted by Gasteiger charge is 2.33. The molecule has 0 amide bonds. The van der Waals surface area contributed by atoms with Gasteiger partial charge >= 0.3 is 6.18 Å². The zero-order chi connectivity index (χ0) is 15.5. The van der Waals surface area contributed by atoms with Crippen LogP contribution < -0.4 is 5.32 Å². The van der Waals surface area contributed by atoms with Crippen molar-refractivity contribution < 1.29 is 23.2 Å². The number of nitro groups is 1. The molecule has 0 radical (unpaired) electrons. The Morgan fingerprint density at radius 1 is 1.40 bits per heavy atom. The molecule has 0 aliphatic carbocycles. The first-order valence-corrected chi connectivity index (χ1v) is 5.89. The van der Waals surface area contributed by atoms with Gasteiger partial charge in [0.15, 0.2) is 0 Å². The first kappa shape index (κ1) is 16.2. The number of benzene rings is 1. The van der Waals surface area contributed by atoms with Crippen LogP contribution in [0.4, 0.5) is 24.5 Å². The van der Waals surface area contributed by atoms with Crippen molar-refractivity contribution in [1.29, 1.82) is 0 Å². The van der Waals surface area contributed by atoms with Crippen molar-refractivity contribution >= 4 is 11.4 Å². The first-order chi connectivity index (χ1) is 9.16. The maximum absolute atomic E-state index is 12.5. The van der Waals surface area contributed by atoms with Crippen LogP contribution in [0.15, 0.2) is 18.2 Å². The SMILES string of the molecule is CC(CO)C(C)Nc1ccc(C(F)(F)F)cc1[N+](=O)[O-]. The summed E-state index contributed by atoms with van der Waals surface area (Å²) < 4.78 is 37.6. The Hall–Kier alpha value is -1.83. The van der Waals surface area contributed by atoms with Crippen molar-refractivity contribution in [2.45, 2.75) is 26.1 Å². The van der Waals surface area contributed by atoms with Gasteiger partial charge in [-0.15, -0.1) is 0 Å². The Balaban J connectivity index is 3.11. The normalized spacial score (nSPS) is 14.7. The van der Waals surface area contributed by atoms with E-state index in [0.29, 0.717) is 6.07 Å². The summed E-state index contributed by atoms with van der Waals surface area (Å²) in [5.74, 6) is -0.197. The highest BCUT2D eigenvalue weighted by Crippen LogP contribution is 2.35. The number of hydrogen-bond donors (Lipinski definition) is 2. The summed E-state index contributed by atoms with van der Waals surface area (Å²) in [7, 11) is 0. The zero-order valence-corrected chi connectivity index (χ0v) is 10.9. The van der Waals surface area contributed by atoms with Crippen LogP contribution in [0.1, 0.15) is 19.4 Å². The Kier molecular flexibility index (Phi) is 4.93. The topological polar surface area (TPSA) is 75.4 Å². The summed E-state index contributed by atoms with van der Waals surface area (Å²) in [6.45, 7) is 3.26. The van der Waals surface area contributed by atoms with Gasteiger partial charge in [0.05, 0.1) is 10.5 Å². The maximum Gasteiger partial charge on any atom is 0.416 e. The van der Waals surface area contributed by atoms with E-state index >= 15 is 0 Å². The monoisotopic (exact) mass is 292 g/mol. The summed E-state index contributed by atoms with van der Waals surface area (Å²) >= 11 is 0. The average Bonchev–Trinajstić information content (AvgIpc) is 2.36. The van der Waals surface area contributed by atoms with Crippen molar-refractivity contribution in [3.63, 3.8) is 0 Å². The second-order valence-electron chi connectivity index (χ2n) is 4.58. The number of aliphatic hydroxyl groups is 1. The summed E-state index contributed by atoms with van der Waals surface area (Å²) in [5.41, 5.74) is -1.72. The molecule has 0 spiro atoms. The van der Waals surface area contributed by atoms with Crippen molar-refractivity contribution in [2.75, 3.05) is 11.9 Å². The lowest BCUT2D eigenvalue weighted by atomic mass is 10.0. The molecule has 20 heavy (non-hydrogen) atoms. The highest BCUT2D eigenvalue weighted by molar-refractivity contribution is 5.63. The first-order valence-electron chi connectivity index (χ1n) is 5.89. The van der Waals surface area contributed by atoms with E-state index in [4.69, 9.17) is 5.11 Å². The second kappa shape index (κ2) is 6.08. The van der Waals surface area contributed by atoms with E-state index in [1.165, 1.54) is 0 Å². The molecule has 0 saturated carbocycles. The minimum Gasteiger partial charge on any atom is -0.396 e. The van der Waals surface area contributed by atoms with E-state index in [9.17, 15) is 23.3 Å². The van der Waals surface area contributed by atoms with Crippen LogP contribution in [-0.2, 0) is 6.18 Å². The lowest BCUT2D eigenvalue weighted by molar-refractivity contribution is -0.384. The van der Waals surface area contributed by atoms with Crippen LogP contribution in [0.5, 0.6) is 0 Å². The van der Waals surface area contributed by atoms with Gasteiger partial charge in [-0.3, -0.25) is 10.1 Å². The van der Waals surface area contributed by atoms with Crippen molar-refractivity contribution in [3.8, 4) is 0 Å². The molecule has 0 heterocycles. The number of hydrogen-bond acceptors (Lipinski definition) is 4. The Morgan fingerprint density at radius 2 is 2.00 bits per heavy atom. The molecule has 0 bridgehead atoms. The quantitative estimate of drug-likeness (QED) is 0.646. The molecule has 2 atom stereocenters. The van der Waals surface area contributed by atoms with Gasteiger partial charge in [0, 0.05) is 18.7 Å². The third-order valence-electron chi connectivity index (χ3n) is 3.05. The number of halogens is 3.